The normalized spacial score (nSPS) is 19.6. The highest BCUT2D eigenvalue weighted by atomic mass is 35.7. The second-order valence-electron chi connectivity index (χ2n) is 4.96. The first-order valence-corrected chi connectivity index (χ1v) is 11.8. The molecule has 0 aliphatic carbocycles. The van der Waals surface area contributed by atoms with E-state index in [2.05, 4.69) is 11.3 Å². The Morgan fingerprint density at radius 2 is 1.70 bits per heavy atom. The Balaban J connectivity index is 1.99. The van der Waals surface area contributed by atoms with Crippen molar-refractivity contribution < 1.29 is 33.3 Å². The van der Waals surface area contributed by atoms with E-state index in [9.17, 15) is 9.59 Å². The molecule has 0 aromatic carbocycles. The van der Waals surface area contributed by atoms with Gasteiger partial charge in [-0.05, 0) is 19.0 Å². The maximum atomic E-state index is 11.3. The van der Waals surface area contributed by atoms with Gasteiger partial charge < -0.3 is 23.7 Å². The summed E-state index contributed by atoms with van der Waals surface area (Å²) in [5.41, 5.74) is 0. The van der Waals surface area contributed by atoms with E-state index in [4.69, 9.17) is 41.1 Å². The quantitative estimate of drug-likeness (QED) is 0.142. The van der Waals surface area contributed by atoms with Crippen molar-refractivity contribution in [1.29, 1.82) is 0 Å². The summed E-state index contributed by atoms with van der Waals surface area (Å²) in [6.07, 6.45) is -0.171. The Morgan fingerprint density at radius 1 is 1.13 bits per heavy atom. The van der Waals surface area contributed by atoms with Crippen LogP contribution in [0.3, 0.4) is 0 Å². The molecule has 1 rings (SSSR count). The Labute approximate surface area is 145 Å². The van der Waals surface area contributed by atoms with Gasteiger partial charge in [0.05, 0.1) is 6.61 Å². The summed E-state index contributed by atoms with van der Waals surface area (Å²) in [7, 11) is 0. The van der Waals surface area contributed by atoms with Crippen LogP contribution in [0.1, 0.15) is 6.42 Å². The standard InChI is InChI=1S/C13H20Cl2O7Si/c1-3-5-18-12(16)20-8-10-11(22-10)9-21-13(17)19-6-4-7-23(2,14)15/h3,10-11H,1,4-9H2,2H3. The van der Waals surface area contributed by atoms with Gasteiger partial charge in [0, 0.05) is 0 Å². The van der Waals surface area contributed by atoms with E-state index in [1.165, 1.54) is 6.08 Å². The number of halogens is 2. The number of ether oxygens (including phenoxy) is 5. The van der Waals surface area contributed by atoms with Crippen LogP contribution in [0.25, 0.3) is 0 Å². The molecule has 7 nitrogen and oxygen atoms in total. The monoisotopic (exact) mass is 386 g/mol. The van der Waals surface area contributed by atoms with Gasteiger partial charge in [0.25, 0.3) is 0 Å². The van der Waals surface area contributed by atoms with Gasteiger partial charge in [0.15, 0.2) is 0 Å². The first kappa shape index (κ1) is 20.1. The lowest BCUT2D eigenvalue weighted by molar-refractivity contribution is 0.0503. The Bertz CT molecular complexity index is 414. The summed E-state index contributed by atoms with van der Waals surface area (Å²) in [6.45, 7) is 3.40. The molecule has 132 valence electrons. The van der Waals surface area contributed by atoms with Gasteiger partial charge in [0.2, 0.25) is 6.69 Å². The van der Waals surface area contributed by atoms with Crippen LogP contribution in [0.15, 0.2) is 12.7 Å². The SMILES string of the molecule is C=CCOC(=O)OCC1OC1COC(=O)OCCC[Si](C)(Cl)Cl. The van der Waals surface area contributed by atoms with Gasteiger partial charge in [-0.2, -0.15) is 0 Å². The molecule has 0 spiro atoms. The van der Waals surface area contributed by atoms with Crippen molar-refractivity contribution in [3.63, 3.8) is 0 Å². The number of epoxide rings is 1. The van der Waals surface area contributed by atoms with Crippen molar-refractivity contribution in [2.75, 3.05) is 26.4 Å². The van der Waals surface area contributed by atoms with Crippen LogP contribution in [0.5, 0.6) is 0 Å². The average molecular weight is 387 g/mol. The number of carbonyl (C=O) groups is 2. The number of hydrogen-bond acceptors (Lipinski definition) is 7. The predicted octanol–water partition coefficient (Wildman–Crippen LogP) is 3.19. The number of hydrogen-bond donors (Lipinski definition) is 0. The van der Waals surface area contributed by atoms with E-state index in [1.807, 2.05) is 0 Å². The van der Waals surface area contributed by atoms with E-state index in [-0.39, 0.29) is 38.6 Å². The molecule has 0 amide bonds. The van der Waals surface area contributed by atoms with Crippen LogP contribution in [-0.2, 0) is 23.7 Å². The van der Waals surface area contributed by atoms with Crippen LogP contribution >= 0.6 is 22.2 Å². The van der Waals surface area contributed by atoms with Crippen LogP contribution in [0.4, 0.5) is 9.59 Å². The smallest absolute Gasteiger partial charge is 0.434 e. The zero-order valence-electron chi connectivity index (χ0n) is 12.8. The molecule has 1 aliphatic rings. The van der Waals surface area contributed by atoms with E-state index < -0.39 is 19.0 Å². The Hall–Kier alpha value is -0.963. The molecule has 23 heavy (non-hydrogen) atoms. The first-order valence-electron chi connectivity index (χ1n) is 7.05. The predicted molar refractivity (Wildman–Crippen MR) is 86.2 cm³/mol. The third-order valence-corrected chi connectivity index (χ3v) is 5.08. The number of carbonyl (C=O) groups excluding carboxylic acids is 2. The van der Waals surface area contributed by atoms with Gasteiger partial charge in [-0.25, -0.2) is 9.59 Å². The highest BCUT2D eigenvalue weighted by Crippen LogP contribution is 2.23. The molecule has 0 aromatic rings. The maximum Gasteiger partial charge on any atom is 0.508 e. The fraction of sp³-hybridized carbons (Fsp3) is 0.692. The fourth-order valence-electron chi connectivity index (χ4n) is 1.52. The summed E-state index contributed by atoms with van der Waals surface area (Å²) in [5, 5.41) is 0. The summed E-state index contributed by atoms with van der Waals surface area (Å²) < 4.78 is 24.3. The molecule has 0 N–H and O–H groups in total. The lowest BCUT2D eigenvalue weighted by Crippen LogP contribution is -2.18. The Morgan fingerprint density at radius 3 is 2.22 bits per heavy atom. The van der Waals surface area contributed by atoms with Gasteiger partial charge in [-0.3, -0.25) is 0 Å². The van der Waals surface area contributed by atoms with E-state index >= 15 is 0 Å². The molecule has 1 fully saturated rings. The van der Waals surface area contributed by atoms with E-state index in [0.717, 1.165) is 0 Å². The molecule has 1 saturated heterocycles. The minimum absolute atomic E-state index is 0.0338. The summed E-state index contributed by atoms with van der Waals surface area (Å²) in [5.74, 6) is 0. The van der Waals surface area contributed by atoms with Gasteiger partial charge >= 0.3 is 12.3 Å². The molecule has 2 atom stereocenters. The number of rotatable bonds is 10. The summed E-state index contributed by atoms with van der Waals surface area (Å²) in [6, 6.07) is 0.635. The molecule has 10 heteroatoms. The van der Waals surface area contributed by atoms with Crippen molar-refractivity contribution in [2.24, 2.45) is 0 Å². The molecule has 0 bridgehead atoms. The average Bonchev–Trinajstić information content (AvgIpc) is 3.23. The fourth-order valence-corrected chi connectivity index (χ4v) is 3.09. The van der Waals surface area contributed by atoms with Gasteiger partial charge in [0.1, 0.15) is 32.0 Å². The lowest BCUT2D eigenvalue weighted by Gasteiger charge is -2.09. The molecule has 0 saturated carbocycles. The minimum atomic E-state index is -2.16. The molecule has 0 radical (unpaired) electrons. The van der Waals surface area contributed by atoms with Crippen LogP contribution in [0, 0.1) is 0 Å². The van der Waals surface area contributed by atoms with Crippen LogP contribution < -0.4 is 0 Å². The Kier molecular flexibility index (Phi) is 8.75. The van der Waals surface area contributed by atoms with Gasteiger partial charge in [-0.1, -0.05) is 12.7 Å². The highest BCUT2D eigenvalue weighted by Gasteiger charge is 2.41. The third-order valence-electron chi connectivity index (χ3n) is 2.72. The molecule has 1 aliphatic heterocycles. The van der Waals surface area contributed by atoms with Crippen molar-refractivity contribution in [3.05, 3.63) is 12.7 Å². The topological polar surface area (TPSA) is 83.6 Å². The molecular formula is C13H20Cl2O7Si. The third kappa shape index (κ3) is 10.4. The zero-order valence-corrected chi connectivity index (χ0v) is 15.3. The van der Waals surface area contributed by atoms with E-state index in [0.29, 0.717) is 12.5 Å². The van der Waals surface area contributed by atoms with Crippen LogP contribution in [-0.4, -0.2) is 57.6 Å². The van der Waals surface area contributed by atoms with Crippen molar-refractivity contribution >= 4 is 41.2 Å². The minimum Gasteiger partial charge on any atom is -0.434 e. The largest absolute Gasteiger partial charge is 0.508 e. The van der Waals surface area contributed by atoms with E-state index in [1.54, 1.807) is 6.55 Å². The first-order chi connectivity index (χ1) is 10.8. The van der Waals surface area contributed by atoms with Crippen molar-refractivity contribution in [1.82, 2.24) is 0 Å². The van der Waals surface area contributed by atoms with Gasteiger partial charge in [-0.15, -0.1) is 22.2 Å². The second kappa shape index (κ2) is 10.0. The molecular weight excluding hydrogens is 367 g/mol. The van der Waals surface area contributed by atoms with Crippen molar-refractivity contribution in [2.45, 2.75) is 31.2 Å². The zero-order chi connectivity index (χ0) is 17.3. The summed E-state index contributed by atoms with van der Waals surface area (Å²) in [4.78, 5) is 22.4. The van der Waals surface area contributed by atoms with Crippen molar-refractivity contribution in [3.8, 4) is 0 Å². The van der Waals surface area contributed by atoms with Crippen LogP contribution in [0.2, 0.25) is 12.6 Å². The molecule has 2 unspecified atom stereocenters. The lowest BCUT2D eigenvalue weighted by atomic mass is 10.3. The molecule has 1 heterocycles. The molecule has 0 aromatic heterocycles. The summed E-state index contributed by atoms with van der Waals surface area (Å²) >= 11 is 11.8. The maximum absolute atomic E-state index is 11.3. The second-order valence-corrected chi connectivity index (χ2v) is 13.2. The highest BCUT2D eigenvalue weighted by molar-refractivity contribution is 7.44.